The van der Waals surface area contributed by atoms with Gasteiger partial charge in [-0.1, -0.05) is 43.0 Å². The Bertz CT molecular complexity index is 319. The Morgan fingerprint density at radius 2 is 2.08 bits per heavy atom. The van der Waals surface area contributed by atoms with Crippen LogP contribution in [-0.2, 0) is 0 Å². The lowest BCUT2D eigenvalue weighted by atomic mass is 9.98. The Balaban J connectivity index is 3.37. The highest BCUT2D eigenvalue weighted by Crippen LogP contribution is 2.21. The van der Waals surface area contributed by atoms with Crippen molar-refractivity contribution in [3.8, 4) is 0 Å². The van der Waals surface area contributed by atoms with Crippen LogP contribution in [0.5, 0.6) is 0 Å². The van der Waals surface area contributed by atoms with Crippen molar-refractivity contribution in [2.24, 2.45) is 0 Å². The fourth-order valence-electron chi connectivity index (χ4n) is 1.32. The summed E-state index contributed by atoms with van der Waals surface area (Å²) in [6.45, 7) is 11.8. The van der Waals surface area contributed by atoms with Crippen LogP contribution >= 0.6 is 0 Å². The molecular weight excluding hydrogens is 144 g/mol. The predicted molar refractivity (Wildman–Crippen MR) is 56.0 cm³/mol. The van der Waals surface area contributed by atoms with Gasteiger partial charge in [-0.05, 0) is 30.5 Å². The Kier molecular flexibility index (Phi) is 2.49. The maximum absolute atomic E-state index is 3.93. The van der Waals surface area contributed by atoms with Crippen LogP contribution in [0.3, 0.4) is 0 Å². The Hall–Kier alpha value is -1.30. The molecule has 0 nitrogen and oxygen atoms in total. The predicted octanol–water partition coefficient (Wildman–Crippen LogP) is 3.67. The van der Waals surface area contributed by atoms with Crippen LogP contribution in [0.1, 0.15) is 23.6 Å². The highest BCUT2D eigenvalue weighted by Gasteiger charge is 2.01. The van der Waals surface area contributed by atoms with E-state index >= 15 is 0 Å². The molecule has 0 amide bonds. The van der Waals surface area contributed by atoms with Gasteiger partial charge in [0.2, 0.25) is 0 Å². The molecule has 0 bridgehead atoms. The van der Waals surface area contributed by atoms with E-state index in [-0.39, 0.29) is 0 Å². The zero-order chi connectivity index (χ0) is 9.14. The summed E-state index contributed by atoms with van der Waals surface area (Å²) in [5.41, 5.74) is 4.74. The first kappa shape index (κ1) is 8.79. The van der Waals surface area contributed by atoms with E-state index in [2.05, 4.69) is 32.2 Å². The molecular formula is C12H14. The van der Waals surface area contributed by atoms with E-state index in [9.17, 15) is 0 Å². The zero-order valence-electron chi connectivity index (χ0n) is 7.72. The molecule has 1 aromatic carbocycles. The molecule has 0 aliphatic heterocycles. The zero-order valence-corrected chi connectivity index (χ0v) is 7.72. The number of aryl methyl sites for hydroxylation is 1. The van der Waals surface area contributed by atoms with Crippen LogP contribution < -0.4 is 0 Å². The van der Waals surface area contributed by atoms with Crippen molar-refractivity contribution in [2.75, 3.05) is 0 Å². The number of hydrogen-bond donors (Lipinski definition) is 0. The van der Waals surface area contributed by atoms with Gasteiger partial charge < -0.3 is 0 Å². The number of benzene rings is 1. The molecule has 0 aliphatic rings. The van der Waals surface area contributed by atoms with Gasteiger partial charge in [0.25, 0.3) is 0 Å². The summed E-state index contributed by atoms with van der Waals surface area (Å²) in [6.07, 6.45) is 1.89. The van der Waals surface area contributed by atoms with Gasteiger partial charge in [0.05, 0.1) is 0 Å². The number of allylic oxidation sites excluding steroid dienone is 1. The van der Waals surface area contributed by atoms with Crippen molar-refractivity contribution in [3.05, 3.63) is 48.0 Å². The molecule has 0 saturated carbocycles. The molecule has 0 unspecified atom stereocenters. The second-order valence-electron chi connectivity index (χ2n) is 3.02. The second-order valence-corrected chi connectivity index (χ2v) is 3.02. The van der Waals surface area contributed by atoms with Gasteiger partial charge in [-0.3, -0.25) is 0 Å². The molecule has 0 N–H and O–H groups in total. The van der Waals surface area contributed by atoms with Crippen LogP contribution in [0.15, 0.2) is 31.4 Å². The fraction of sp³-hybridized carbons (Fsp3) is 0.167. The molecule has 62 valence electrons. The highest BCUT2D eigenvalue weighted by atomic mass is 14.1. The first-order valence-electron chi connectivity index (χ1n) is 4.04. The topological polar surface area (TPSA) is 0 Å². The molecule has 1 aromatic rings. The smallest absolute Gasteiger partial charge is 0.0158 e. The molecule has 0 heterocycles. The standard InChI is InChI=1S/C12H14/c1-5-11-10(4)7-6-8-12(11)9(2)3/h5-8H,1-2H2,3-4H3. The SMILES string of the molecule is C=Cc1c(C)cccc1C(=C)C. The van der Waals surface area contributed by atoms with Crippen molar-refractivity contribution in [1.29, 1.82) is 0 Å². The van der Waals surface area contributed by atoms with E-state index < -0.39 is 0 Å². The van der Waals surface area contributed by atoms with Gasteiger partial charge in [0, 0.05) is 0 Å². The summed E-state index contributed by atoms with van der Waals surface area (Å²) in [7, 11) is 0. The Morgan fingerprint density at radius 3 is 2.50 bits per heavy atom. The molecule has 0 fully saturated rings. The van der Waals surface area contributed by atoms with E-state index in [0.717, 1.165) is 5.57 Å². The molecule has 0 heteroatoms. The first-order chi connectivity index (χ1) is 5.66. The van der Waals surface area contributed by atoms with Crippen molar-refractivity contribution >= 4 is 11.6 Å². The lowest BCUT2D eigenvalue weighted by Crippen LogP contribution is -1.87. The van der Waals surface area contributed by atoms with Crippen LogP contribution in [0.25, 0.3) is 11.6 Å². The average molecular weight is 158 g/mol. The summed E-state index contributed by atoms with van der Waals surface area (Å²) < 4.78 is 0. The highest BCUT2D eigenvalue weighted by molar-refractivity contribution is 5.73. The minimum Gasteiger partial charge on any atom is -0.0984 e. The quantitative estimate of drug-likeness (QED) is 0.616. The monoisotopic (exact) mass is 158 g/mol. The van der Waals surface area contributed by atoms with Crippen molar-refractivity contribution in [2.45, 2.75) is 13.8 Å². The molecule has 0 aromatic heterocycles. The third-order valence-electron chi connectivity index (χ3n) is 1.99. The van der Waals surface area contributed by atoms with Crippen molar-refractivity contribution < 1.29 is 0 Å². The minimum atomic E-state index is 1.09. The van der Waals surface area contributed by atoms with Crippen molar-refractivity contribution in [3.63, 3.8) is 0 Å². The van der Waals surface area contributed by atoms with E-state index in [1.165, 1.54) is 16.7 Å². The van der Waals surface area contributed by atoms with Gasteiger partial charge in [0.15, 0.2) is 0 Å². The summed E-state index contributed by atoms with van der Waals surface area (Å²) in [5, 5.41) is 0. The van der Waals surface area contributed by atoms with Crippen LogP contribution in [0.4, 0.5) is 0 Å². The maximum Gasteiger partial charge on any atom is -0.0158 e. The summed E-state index contributed by atoms with van der Waals surface area (Å²) >= 11 is 0. The third-order valence-corrected chi connectivity index (χ3v) is 1.99. The molecule has 1 rings (SSSR count). The summed E-state index contributed by atoms with van der Waals surface area (Å²) in [5.74, 6) is 0. The molecule has 0 atom stereocenters. The lowest BCUT2D eigenvalue weighted by Gasteiger charge is -2.07. The number of hydrogen-bond acceptors (Lipinski definition) is 0. The van der Waals surface area contributed by atoms with E-state index in [4.69, 9.17) is 0 Å². The fourth-order valence-corrected chi connectivity index (χ4v) is 1.32. The van der Waals surface area contributed by atoms with Crippen molar-refractivity contribution in [1.82, 2.24) is 0 Å². The molecule has 0 aliphatic carbocycles. The van der Waals surface area contributed by atoms with Gasteiger partial charge in [-0.2, -0.15) is 0 Å². The number of rotatable bonds is 2. The first-order valence-corrected chi connectivity index (χ1v) is 4.04. The molecule has 0 saturated heterocycles. The molecule has 0 radical (unpaired) electrons. The Morgan fingerprint density at radius 1 is 1.42 bits per heavy atom. The van der Waals surface area contributed by atoms with E-state index in [0.29, 0.717) is 0 Å². The molecule has 12 heavy (non-hydrogen) atoms. The average Bonchev–Trinajstić information content (AvgIpc) is 2.03. The van der Waals surface area contributed by atoms with E-state index in [1.807, 2.05) is 19.1 Å². The Labute approximate surface area is 74.2 Å². The lowest BCUT2D eigenvalue weighted by molar-refractivity contribution is 1.41. The van der Waals surface area contributed by atoms with Crippen LogP contribution in [0, 0.1) is 6.92 Å². The van der Waals surface area contributed by atoms with Gasteiger partial charge >= 0.3 is 0 Å². The van der Waals surface area contributed by atoms with Gasteiger partial charge in [0.1, 0.15) is 0 Å². The largest absolute Gasteiger partial charge is 0.0984 e. The second kappa shape index (κ2) is 3.40. The maximum atomic E-state index is 3.93. The normalized spacial score (nSPS) is 9.50. The summed E-state index contributed by atoms with van der Waals surface area (Å²) in [4.78, 5) is 0. The van der Waals surface area contributed by atoms with Crippen LogP contribution in [-0.4, -0.2) is 0 Å². The molecule has 0 spiro atoms. The van der Waals surface area contributed by atoms with Crippen LogP contribution in [0.2, 0.25) is 0 Å². The summed E-state index contributed by atoms with van der Waals surface area (Å²) in [6, 6.07) is 6.21. The van der Waals surface area contributed by atoms with Gasteiger partial charge in [-0.25, -0.2) is 0 Å². The van der Waals surface area contributed by atoms with E-state index in [1.54, 1.807) is 0 Å². The third kappa shape index (κ3) is 1.48. The minimum absolute atomic E-state index is 1.09. The van der Waals surface area contributed by atoms with Gasteiger partial charge in [-0.15, -0.1) is 0 Å².